The Morgan fingerprint density at radius 3 is 2.57 bits per heavy atom. The average molecular weight is 305 g/mol. The lowest BCUT2D eigenvalue weighted by Crippen LogP contribution is -2.23. The fourth-order valence-electron chi connectivity index (χ4n) is 1.72. The Kier molecular flexibility index (Phi) is 4.66. The molecule has 1 amide bonds. The van der Waals surface area contributed by atoms with Gasteiger partial charge >= 0.3 is 0 Å². The number of amides is 1. The van der Waals surface area contributed by atoms with Gasteiger partial charge in [-0.05, 0) is 30.3 Å². The minimum Gasteiger partial charge on any atom is -0.322 e. The first-order chi connectivity index (χ1) is 10.0. The van der Waals surface area contributed by atoms with Crippen LogP contribution in [0.15, 0.2) is 53.7 Å². The zero-order valence-corrected chi connectivity index (χ0v) is 12.2. The maximum Gasteiger partial charge on any atom is 0.255 e. The van der Waals surface area contributed by atoms with E-state index in [1.807, 2.05) is 0 Å². The number of nitrogens with zero attached hydrogens (tertiary/aromatic N) is 1. The van der Waals surface area contributed by atoms with E-state index in [2.05, 4.69) is 15.0 Å². The average Bonchev–Trinajstić information content (AvgIpc) is 2.48. The predicted octanol–water partition coefficient (Wildman–Crippen LogP) is 1.63. The van der Waals surface area contributed by atoms with Gasteiger partial charge in [0, 0.05) is 30.2 Å². The van der Waals surface area contributed by atoms with Gasteiger partial charge in [0.15, 0.2) is 0 Å². The molecule has 1 aromatic carbocycles. The van der Waals surface area contributed by atoms with Gasteiger partial charge in [0.1, 0.15) is 0 Å². The van der Waals surface area contributed by atoms with E-state index in [9.17, 15) is 13.2 Å². The molecule has 0 atom stereocenters. The van der Waals surface area contributed by atoms with Gasteiger partial charge in [-0.25, -0.2) is 13.1 Å². The van der Waals surface area contributed by atoms with E-state index in [1.165, 1.54) is 18.2 Å². The summed E-state index contributed by atoms with van der Waals surface area (Å²) in [4.78, 5) is 16.0. The van der Waals surface area contributed by atoms with Crippen LogP contribution in [0.4, 0.5) is 5.69 Å². The summed E-state index contributed by atoms with van der Waals surface area (Å²) in [6.07, 6.45) is 3.11. The second-order valence-electron chi connectivity index (χ2n) is 4.22. The van der Waals surface area contributed by atoms with Gasteiger partial charge in [-0.1, -0.05) is 13.0 Å². The number of carbonyl (C=O) groups excluding carboxylic acids is 1. The van der Waals surface area contributed by atoms with Gasteiger partial charge in [0.05, 0.1) is 4.90 Å². The summed E-state index contributed by atoms with van der Waals surface area (Å²) in [6, 6.07) is 9.18. The molecule has 2 rings (SSSR count). The highest BCUT2D eigenvalue weighted by atomic mass is 32.2. The minimum absolute atomic E-state index is 0.0618. The van der Waals surface area contributed by atoms with Crippen molar-refractivity contribution < 1.29 is 13.2 Å². The van der Waals surface area contributed by atoms with Crippen LogP contribution in [0, 0.1) is 0 Å². The fourth-order valence-corrected chi connectivity index (χ4v) is 2.80. The highest BCUT2D eigenvalue weighted by molar-refractivity contribution is 7.89. The molecule has 110 valence electrons. The maximum atomic E-state index is 12.1. The topological polar surface area (TPSA) is 88.2 Å². The minimum atomic E-state index is -3.58. The third-order valence-corrected chi connectivity index (χ3v) is 4.22. The van der Waals surface area contributed by atoms with Crippen molar-refractivity contribution in [3.05, 3.63) is 54.4 Å². The molecule has 0 fully saturated rings. The number of hydrogen-bond acceptors (Lipinski definition) is 4. The number of sulfonamides is 1. The standard InChI is InChI=1S/C14H15N3O3S/c1-2-16-21(19,20)13-5-3-4-11(10-13)14(18)17-12-6-8-15-9-7-12/h3-10,16H,2H2,1H3,(H,15,17,18). The van der Waals surface area contributed by atoms with Gasteiger partial charge in [-0.2, -0.15) is 0 Å². The fraction of sp³-hybridized carbons (Fsp3) is 0.143. The van der Waals surface area contributed by atoms with E-state index in [-0.39, 0.29) is 22.9 Å². The van der Waals surface area contributed by atoms with Crippen molar-refractivity contribution in [3.63, 3.8) is 0 Å². The van der Waals surface area contributed by atoms with Crippen LogP contribution in [-0.4, -0.2) is 25.9 Å². The van der Waals surface area contributed by atoms with Crippen LogP contribution in [0.25, 0.3) is 0 Å². The van der Waals surface area contributed by atoms with Crippen LogP contribution in [0.2, 0.25) is 0 Å². The normalized spacial score (nSPS) is 11.1. The Morgan fingerprint density at radius 1 is 1.19 bits per heavy atom. The van der Waals surface area contributed by atoms with Crippen LogP contribution in [-0.2, 0) is 10.0 Å². The predicted molar refractivity (Wildman–Crippen MR) is 79.5 cm³/mol. The number of hydrogen-bond donors (Lipinski definition) is 2. The molecule has 0 radical (unpaired) electrons. The van der Waals surface area contributed by atoms with Crippen molar-refractivity contribution >= 4 is 21.6 Å². The van der Waals surface area contributed by atoms with Crippen molar-refractivity contribution in [2.75, 3.05) is 11.9 Å². The van der Waals surface area contributed by atoms with Gasteiger partial charge in [-0.3, -0.25) is 9.78 Å². The molecule has 21 heavy (non-hydrogen) atoms. The molecular formula is C14H15N3O3S. The zero-order valence-electron chi connectivity index (χ0n) is 11.4. The van der Waals surface area contributed by atoms with Crippen molar-refractivity contribution in [2.45, 2.75) is 11.8 Å². The molecule has 0 aliphatic carbocycles. The summed E-state index contributed by atoms with van der Waals surface area (Å²) in [5.41, 5.74) is 0.862. The van der Waals surface area contributed by atoms with E-state index in [1.54, 1.807) is 37.5 Å². The maximum absolute atomic E-state index is 12.1. The number of rotatable bonds is 5. The first-order valence-electron chi connectivity index (χ1n) is 6.34. The quantitative estimate of drug-likeness (QED) is 0.879. The van der Waals surface area contributed by atoms with Crippen LogP contribution in [0.3, 0.4) is 0 Å². The number of benzene rings is 1. The summed E-state index contributed by atoms with van der Waals surface area (Å²) in [5.74, 6) is -0.380. The van der Waals surface area contributed by atoms with E-state index in [0.717, 1.165) is 0 Å². The van der Waals surface area contributed by atoms with Crippen molar-refractivity contribution in [3.8, 4) is 0 Å². The van der Waals surface area contributed by atoms with Gasteiger partial charge in [-0.15, -0.1) is 0 Å². The van der Waals surface area contributed by atoms with Crippen molar-refractivity contribution in [1.29, 1.82) is 0 Å². The first-order valence-corrected chi connectivity index (χ1v) is 7.82. The SMILES string of the molecule is CCNS(=O)(=O)c1cccc(C(=O)Nc2ccncc2)c1. The molecule has 0 spiro atoms. The first kappa shape index (κ1) is 15.1. The number of carbonyl (C=O) groups is 1. The molecule has 0 saturated carbocycles. The second kappa shape index (κ2) is 6.47. The lowest BCUT2D eigenvalue weighted by molar-refractivity contribution is 0.102. The van der Waals surface area contributed by atoms with E-state index in [0.29, 0.717) is 5.69 Å². The van der Waals surface area contributed by atoms with Crippen LogP contribution in [0.1, 0.15) is 17.3 Å². The monoisotopic (exact) mass is 305 g/mol. The molecule has 0 unspecified atom stereocenters. The van der Waals surface area contributed by atoms with Crippen molar-refractivity contribution in [2.24, 2.45) is 0 Å². The Hall–Kier alpha value is -2.25. The largest absolute Gasteiger partial charge is 0.322 e. The summed E-state index contributed by atoms with van der Waals surface area (Å²) >= 11 is 0. The Bertz CT molecular complexity index is 730. The Morgan fingerprint density at radius 2 is 1.90 bits per heavy atom. The third kappa shape index (κ3) is 3.87. The molecule has 0 aliphatic heterocycles. The Labute approximate surface area is 123 Å². The highest BCUT2D eigenvalue weighted by Crippen LogP contribution is 2.13. The third-order valence-electron chi connectivity index (χ3n) is 2.68. The Balaban J connectivity index is 2.23. The molecule has 2 aromatic rings. The van der Waals surface area contributed by atoms with Gasteiger partial charge in [0.2, 0.25) is 10.0 Å². The lowest BCUT2D eigenvalue weighted by atomic mass is 10.2. The summed E-state index contributed by atoms with van der Waals surface area (Å²) in [7, 11) is -3.58. The summed E-state index contributed by atoms with van der Waals surface area (Å²) in [6.45, 7) is 1.98. The molecule has 0 saturated heterocycles. The van der Waals surface area contributed by atoms with Crippen LogP contribution < -0.4 is 10.0 Å². The second-order valence-corrected chi connectivity index (χ2v) is 5.99. The number of aromatic nitrogens is 1. The molecule has 7 heteroatoms. The molecule has 1 aromatic heterocycles. The van der Waals surface area contributed by atoms with Crippen molar-refractivity contribution in [1.82, 2.24) is 9.71 Å². The highest BCUT2D eigenvalue weighted by Gasteiger charge is 2.15. The molecule has 0 bridgehead atoms. The molecular weight excluding hydrogens is 290 g/mol. The zero-order chi connectivity index (χ0) is 15.3. The molecule has 6 nitrogen and oxygen atoms in total. The number of nitrogens with one attached hydrogen (secondary N) is 2. The number of pyridine rings is 1. The van der Waals surface area contributed by atoms with E-state index < -0.39 is 10.0 Å². The van der Waals surface area contributed by atoms with Crippen LogP contribution in [0.5, 0.6) is 0 Å². The van der Waals surface area contributed by atoms with Gasteiger partial charge in [0.25, 0.3) is 5.91 Å². The molecule has 2 N–H and O–H groups in total. The smallest absolute Gasteiger partial charge is 0.255 e. The van der Waals surface area contributed by atoms with E-state index >= 15 is 0 Å². The van der Waals surface area contributed by atoms with E-state index in [4.69, 9.17) is 0 Å². The molecule has 1 heterocycles. The lowest BCUT2D eigenvalue weighted by Gasteiger charge is -2.08. The summed E-state index contributed by atoms with van der Waals surface area (Å²) in [5, 5.41) is 2.67. The molecule has 0 aliphatic rings. The van der Waals surface area contributed by atoms with Gasteiger partial charge < -0.3 is 5.32 Å². The van der Waals surface area contributed by atoms with Crippen LogP contribution >= 0.6 is 0 Å². The number of anilines is 1. The summed E-state index contributed by atoms with van der Waals surface area (Å²) < 4.78 is 26.2.